The molecule has 2 aromatic carbocycles. The molecule has 0 amide bonds. The van der Waals surface area contributed by atoms with E-state index in [4.69, 9.17) is 5.26 Å². The first-order valence-electron chi connectivity index (χ1n) is 6.61. The van der Waals surface area contributed by atoms with Crippen molar-refractivity contribution in [1.29, 1.82) is 5.26 Å². The molecule has 3 heteroatoms. The fraction of sp³-hybridized carbons (Fsp3) is 0.235. The first-order chi connectivity index (χ1) is 9.61. The van der Waals surface area contributed by atoms with E-state index < -0.39 is 0 Å². The van der Waals surface area contributed by atoms with Crippen LogP contribution in [0.5, 0.6) is 0 Å². The van der Waals surface area contributed by atoms with Gasteiger partial charge in [0.05, 0.1) is 11.6 Å². The zero-order valence-electron chi connectivity index (χ0n) is 11.7. The number of rotatable bonds is 4. The average molecular weight is 268 g/mol. The molecule has 0 fully saturated rings. The summed E-state index contributed by atoms with van der Waals surface area (Å²) in [7, 11) is 0. The average Bonchev–Trinajstić information content (AvgIpc) is 2.49. The van der Waals surface area contributed by atoms with Crippen LogP contribution in [0.4, 0.5) is 10.1 Å². The van der Waals surface area contributed by atoms with E-state index in [1.807, 2.05) is 24.3 Å². The SMILES string of the molecule is Cc1c(F)cc(C#N)cc1NCC(C)c1ccccc1. The molecule has 0 aliphatic carbocycles. The molecule has 0 spiro atoms. The lowest BCUT2D eigenvalue weighted by Crippen LogP contribution is -2.11. The molecule has 2 rings (SSSR count). The molecule has 102 valence electrons. The standard InChI is InChI=1S/C17H17FN2/c1-12(15-6-4-3-5-7-15)11-20-17-9-14(10-19)8-16(18)13(17)2/h3-9,12,20H,11H2,1-2H3. The van der Waals surface area contributed by atoms with Gasteiger partial charge in [0.1, 0.15) is 5.82 Å². The highest BCUT2D eigenvalue weighted by Gasteiger charge is 2.09. The van der Waals surface area contributed by atoms with Gasteiger partial charge in [0.15, 0.2) is 0 Å². The van der Waals surface area contributed by atoms with Crippen LogP contribution in [0.1, 0.15) is 29.5 Å². The van der Waals surface area contributed by atoms with E-state index >= 15 is 0 Å². The van der Waals surface area contributed by atoms with Crippen molar-refractivity contribution >= 4 is 5.69 Å². The predicted molar refractivity (Wildman–Crippen MR) is 79.2 cm³/mol. The minimum atomic E-state index is -0.348. The van der Waals surface area contributed by atoms with E-state index in [1.54, 1.807) is 13.0 Å². The summed E-state index contributed by atoms with van der Waals surface area (Å²) in [6.45, 7) is 4.52. The second kappa shape index (κ2) is 6.21. The molecule has 0 radical (unpaired) electrons. The number of hydrogen-bond donors (Lipinski definition) is 1. The summed E-state index contributed by atoms with van der Waals surface area (Å²) >= 11 is 0. The van der Waals surface area contributed by atoms with E-state index in [-0.39, 0.29) is 5.82 Å². The van der Waals surface area contributed by atoms with Crippen LogP contribution in [-0.4, -0.2) is 6.54 Å². The van der Waals surface area contributed by atoms with Crippen LogP contribution < -0.4 is 5.32 Å². The van der Waals surface area contributed by atoms with Crippen LogP contribution in [0.15, 0.2) is 42.5 Å². The monoisotopic (exact) mass is 268 g/mol. The summed E-state index contributed by atoms with van der Waals surface area (Å²) in [5.74, 6) is -0.0386. The molecule has 1 unspecified atom stereocenters. The number of halogens is 1. The quantitative estimate of drug-likeness (QED) is 0.901. The van der Waals surface area contributed by atoms with Gasteiger partial charge in [-0.25, -0.2) is 4.39 Å². The number of anilines is 1. The first kappa shape index (κ1) is 14.1. The zero-order valence-corrected chi connectivity index (χ0v) is 11.7. The van der Waals surface area contributed by atoms with E-state index in [0.717, 1.165) is 0 Å². The van der Waals surface area contributed by atoms with Gasteiger partial charge in [-0.3, -0.25) is 0 Å². The minimum Gasteiger partial charge on any atom is -0.384 e. The van der Waals surface area contributed by atoms with Crippen molar-refractivity contribution in [2.24, 2.45) is 0 Å². The van der Waals surface area contributed by atoms with E-state index in [1.165, 1.54) is 11.6 Å². The smallest absolute Gasteiger partial charge is 0.129 e. The number of nitriles is 1. The maximum atomic E-state index is 13.7. The van der Waals surface area contributed by atoms with Crippen LogP contribution in [-0.2, 0) is 0 Å². The zero-order chi connectivity index (χ0) is 14.5. The maximum absolute atomic E-state index is 13.7. The van der Waals surface area contributed by atoms with Gasteiger partial charge in [0, 0.05) is 17.8 Å². The number of benzene rings is 2. The van der Waals surface area contributed by atoms with Crippen LogP contribution in [0.3, 0.4) is 0 Å². The molecule has 2 nitrogen and oxygen atoms in total. The highest BCUT2D eigenvalue weighted by molar-refractivity contribution is 5.56. The van der Waals surface area contributed by atoms with Gasteiger partial charge in [0.2, 0.25) is 0 Å². The topological polar surface area (TPSA) is 35.8 Å². The van der Waals surface area contributed by atoms with E-state index in [2.05, 4.69) is 24.4 Å². The lowest BCUT2D eigenvalue weighted by atomic mass is 10.0. The highest BCUT2D eigenvalue weighted by Crippen LogP contribution is 2.22. The fourth-order valence-corrected chi connectivity index (χ4v) is 2.09. The summed E-state index contributed by atoms with van der Waals surface area (Å²) in [4.78, 5) is 0. The molecular formula is C17H17FN2. The Balaban J connectivity index is 2.12. The Morgan fingerprint density at radius 1 is 1.25 bits per heavy atom. The third-order valence-corrected chi connectivity index (χ3v) is 3.44. The third-order valence-electron chi connectivity index (χ3n) is 3.44. The molecule has 0 aliphatic heterocycles. The molecule has 20 heavy (non-hydrogen) atoms. The molecule has 0 saturated heterocycles. The van der Waals surface area contributed by atoms with Crippen LogP contribution >= 0.6 is 0 Å². The highest BCUT2D eigenvalue weighted by atomic mass is 19.1. The summed E-state index contributed by atoms with van der Waals surface area (Å²) < 4.78 is 13.7. The number of nitrogens with zero attached hydrogens (tertiary/aromatic N) is 1. The van der Waals surface area contributed by atoms with Gasteiger partial charge < -0.3 is 5.32 Å². The second-order valence-corrected chi connectivity index (χ2v) is 4.94. The lowest BCUT2D eigenvalue weighted by molar-refractivity contribution is 0.618. The molecule has 2 aromatic rings. The summed E-state index contributed by atoms with van der Waals surface area (Å²) in [5, 5.41) is 12.1. The van der Waals surface area contributed by atoms with Crippen molar-refractivity contribution < 1.29 is 4.39 Å². The van der Waals surface area contributed by atoms with Gasteiger partial charge >= 0.3 is 0 Å². The predicted octanol–water partition coefficient (Wildman–Crippen LogP) is 4.22. The van der Waals surface area contributed by atoms with Crippen molar-refractivity contribution in [2.75, 3.05) is 11.9 Å². The molecule has 0 heterocycles. The van der Waals surface area contributed by atoms with Gasteiger partial charge in [-0.1, -0.05) is 37.3 Å². The Hall–Kier alpha value is -2.34. The van der Waals surface area contributed by atoms with Gasteiger partial charge in [-0.2, -0.15) is 5.26 Å². The van der Waals surface area contributed by atoms with Crippen LogP contribution in [0.2, 0.25) is 0 Å². The van der Waals surface area contributed by atoms with Gasteiger partial charge in [-0.05, 0) is 30.5 Å². The molecule has 0 aliphatic rings. The van der Waals surface area contributed by atoms with E-state index in [9.17, 15) is 4.39 Å². The normalized spacial score (nSPS) is 11.7. The van der Waals surface area contributed by atoms with Crippen LogP contribution in [0.25, 0.3) is 0 Å². The minimum absolute atomic E-state index is 0.310. The Kier molecular flexibility index (Phi) is 4.37. The largest absolute Gasteiger partial charge is 0.384 e. The number of nitrogens with one attached hydrogen (secondary N) is 1. The van der Waals surface area contributed by atoms with Crippen molar-refractivity contribution in [2.45, 2.75) is 19.8 Å². The Morgan fingerprint density at radius 2 is 1.95 bits per heavy atom. The van der Waals surface area contributed by atoms with E-state index in [0.29, 0.717) is 29.3 Å². The van der Waals surface area contributed by atoms with Gasteiger partial charge in [0.25, 0.3) is 0 Å². The molecular weight excluding hydrogens is 251 g/mol. The molecule has 0 bridgehead atoms. The Labute approximate surface area is 118 Å². The second-order valence-electron chi connectivity index (χ2n) is 4.94. The summed E-state index contributed by atoms with van der Waals surface area (Å²) in [6.07, 6.45) is 0. The van der Waals surface area contributed by atoms with Crippen molar-refractivity contribution in [3.63, 3.8) is 0 Å². The molecule has 0 saturated carbocycles. The molecule has 0 aromatic heterocycles. The van der Waals surface area contributed by atoms with Crippen molar-refractivity contribution in [3.8, 4) is 6.07 Å². The van der Waals surface area contributed by atoms with Crippen molar-refractivity contribution in [1.82, 2.24) is 0 Å². The summed E-state index contributed by atoms with van der Waals surface area (Å²) in [6, 6.07) is 15.1. The third kappa shape index (κ3) is 3.16. The number of hydrogen-bond acceptors (Lipinski definition) is 2. The fourth-order valence-electron chi connectivity index (χ4n) is 2.09. The Morgan fingerprint density at radius 3 is 2.60 bits per heavy atom. The lowest BCUT2D eigenvalue weighted by Gasteiger charge is -2.16. The van der Waals surface area contributed by atoms with Crippen molar-refractivity contribution in [3.05, 3.63) is 65.0 Å². The Bertz CT molecular complexity index is 629. The summed E-state index contributed by atoms with van der Waals surface area (Å²) in [5.41, 5.74) is 2.80. The molecule has 1 N–H and O–H groups in total. The van der Waals surface area contributed by atoms with Crippen LogP contribution in [0, 0.1) is 24.1 Å². The molecule has 1 atom stereocenters. The maximum Gasteiger partial charge on any atom is 0.129 e. The first-order valence-corrected chi connectivity index (χ1v) is 6.61. The van der Waals surface area contributed by atoms with Gasteiger partial charge in [-0.15, -0.1) is 0 Å².